The standard InChI is InChI=1S/C13H22N2OS/c1-3-14-12(9-11-5-4-8-17-11)13-10-15(2)6-7-16-13/h4-5,8,12-14H,3,6-7,9-10H2,1-2H3. The highest BCUT2D eigenvalue weighted by Crippen LogP contribution is 2.16. The summed E-state index contributed by atoms with van der Waals surface area (Å²) in [6, 6.07) is 4.76. The Balaban J connectivity index is 1.95. The van der Waals surface area contributed by atoms with Crippen molar-refractivity contribution in [2.75, 3.05) is 33.3 Å². The molecule has 2 atom stereocenters. The normalized spacial score (nSPS) is 23.8. The molecule has 4 heteroatoms. The van der Waals surface area contributed by atoms with Crippen LogP contribution in [-0.2, 0) is 11.2 Å². The predicted octanol–water partition coefficient (Wildman–Crippen LogP) is 1.60. The first-order valence-corrected chi connectivity index (χ1v) is 7.23. The van der Waals surface area contributed by atoms with Crippen molar-refractivity contribution in [3.05, 3.63) is 22.4 Å². The Morgan fingerprint density at radius 3 is 3.18 bits per heavy atom. The lowest BCUT2D eigenvalue weighted by molar-refractivity contribution is -0.0380. The van der Waals surface area contributed by atoms with Crippen LogP contribution in [0.3, 0.4) is 0 Å². The molecule has 2 unspecified atom stereocenters. The topological polar surface area (TPSA) is 24.5 Å². The van der Waals surface area contributed by atoms with E-state index in [0.29, 0.717) is 12.1 Å². The Morgan fingerprint density at radius 2 is 2.53 bits per heavy atom. The molecule has 0 aromatic carbocycles. The third-order valence-electron chi connectivity index (χ3n) is 3.21. The summed E-state index contributed by atoms with van der Waals surface area (Å²) in [4.78, 5) is 3.79. The van der Waals surface area contributed by atoms with Gasteiger partial charge in [-0.05, 0) is 31.5 Å². The fraction of sp³-hybridized carbons (Fsp3) is 0.692. The minimum Gasteiger partial charge on any atom is -0.374 e. The minimum atomic E-state index is 0.316. The van der Waals surface area contributed by atoms with Crippen molar-refractivity contribution in [2.24, 2.45) is 0 Å². The molecule has 0 bridgehead atoms. The van der Waals surface area contributed by atoms with Crippen molar-refractivity contribution in [3.63, 3.8) is 0 Å². The van der Waals surface area contributed by atoms with Gasteiger partial charge in [-0.3, -0.25) is 0 Å². The highest BCUT2D eigenvalue weighted by Gasteiger charge is 2.26. The molecular weight excluding hydrogens is 232 g/mol. The maximum atomic E-state index is 5.91. The Bertz CT molecular complexity index is 315. The van der Waals surface area contributed by atoms with Gasteiger partial charge in [0.25, 0.3) is 0 Å². The second kappa shape index (κ2) is 6.50. The van der Waals surface area contributed by atoms with Gasteiger partial charge in [0.2, 0.25) is 0 Å². The Hall–Kier alpha value is -0.420. The quantitative estimate of drug-likeness (QED) is 0.864. The van der Waals surface area contributed by atoms with Gasteiger partial charge in [-0.2, -0.15) is 0 Å². The number of thiophene rings is 1. The van der Waals surface area contributed by atoms with Gasteiger partial charge in [0.1, 0.15) is 0 Å². The van der Waals surface area contributed by atoms with Crippen molar-refractivity contribution >= 4 is 11.3 Å². The van der Waals surface area contributed by atoms with Gasteiger partial charge in [-0.15, -0.1) is 11.3 Å². The summed E-state index contributed by atoms with van der Waals surface area (Å²) < 4.78 is 5.91. The predicted molar refractivity (Wildman–Crippen MR) is 72.7 cm³/mol. The summed E-state index contributed by atoms with van der Waals surface area (Å²) in [5, 5.41) is 5.71. The molecule has 1 aromatic heterocycles. The molecule has 1 aromatic rings. The van der Waals surface area contributed by atoms with Crippen LogP contribution in [0.25, 0.3) is 0 Å². The van der Waals surface area contributed by atoms with E-state index in [2.05, 4.69) is 41.7 Å². The van der Waals surface area contributed by atoms with E-state index in [-0.39, 0.29) is 0 Å². The highest BCUT2D eigenvalue weighted by molar-refractivity contribution is 7.09. The first-order chi connectivity index (χ1) is 8.29. The van der Waals surface area contributed by atoms with Gasteiger partial charge in [0.05, 0.1) is 12.7 Å². The van der Waals surface area contributed by atoms with Crippen LogP contribution in [0.1, 0.15) is 11.8 Å². The van der Waals surface area contributed by atoms with E-state index in [0.717, 1.165) is 32.7 Å². The first-order valence-electron chi connectivity index (χ1n) is 6.35. The number of likely N-dealkylation sites (N-methyl/N-ethyl adjacent to an activating group) is 2. The third kappa shape index (κ3) is 3.78. The molecule has 0 spiro atoms. The molecule has 0 aliphatic carbocycles. The van der Waals surface area contributed by atoms with Gasteiger partial charge < -0.3 is 15.0 Å². The molecule has 1 aliphatic rings. The van der Waals surface area contributed by atoms with E-state index in [1.54, 1.807) is 0 Å². The Morgan fingerprint density at radius 1 is 1.65 bits per heavy atom. The SMILES string of the molecule is CCNC(Cc1cccs1)C1CN(C)CCO1. The molecule has 0 saturated carbocycles. The van der Waals surface area contributed by atoms with Crippen LogP contribution < -0.4 is 5.32 Å². The van der Waals surface area contributed by atoms with Gasteiger partial charge >= 0.3 is 0 Å². The number of morpholine rings is 1. The fourth-order valence-electron chi connectivity index (χ4n) is 2.30. The fourth-order valence-corrected chi connectivity index (χ4v) is 3.06. The molecule has 96 valence electrons. The average Bonchev–Trinajstić information content (AvgIpc) is 2.81. The lowest BCUT2D eigenvalue weighted by atomic mass is 10.0. The summed E-state index contributed by atoms with van der Waals surface area (Å²) in [7, 11) is 2.17. The second-order valence-corrected chi connectivity index (χ2v) is 5.65. The van der Waals surface area contributed by atoms with E-state index in [1.807, 2.05) is 11.3 Å². The monoisotopic (exact) mass is 254 g/mol. The van der Waals surface area contributed by atoms with Gasteiger partial charge in [-0.1, -0.05) is 13.0 Å². The maximum absolute atomic E-state index is 5.91. The molecule has 2 rings (SSSR count). The van der Waals surface area contributed by atoms with E-state index in [1.165, 1.54) is 4.88 Å². The lowest BCUT2D eigenvalue weighted by Gasteiger charge is -2.35. The lowest BCUT2D eigenvalue weighted by Crippen LogP contribution is -2.52. The number of hydrogen-bond donors (Lipinski definition) is 1. The molecule has 0 amide bonds. The molecule has 17 heavy (non-hydrogen) atoms. The zero-order chi connectivity index (χ0) is 12.1. The number of ether oxygens (including phenoxy) is 1. The number of rotatable bonds is 5. The molecule has 1 saturated heterocycles. The first kappa shape index (κ1) is 13.0. The Labute approximate surface area is 108 Å². The van der Waals surface area contributed by atoms with Crippen LogP contribution in [-0.4, -0.2) is 50.3 Å². The smallest absolute Gasteiger partial charge is 0.0858 e. The van der Waals surface area contributed by atoms with Gasteiger partial charge in [-0.25, -0.2) is 0 Å². The van der Waals surface area contributed by atoms with E-state index in [4.69, 9.17) is 4.74 Å². The summed E-state index contributed by atoms with van der Waals surface area (Å²) in [6.07, 6.45) is 1.39. The van der Waals surface area contributed by atoms with Crippen molar-refractivity contribution in [2.45, 2.75) is 25.5 Å². The van der Waals surface area contributed by atoms with Crippen molar-refractivity contribution in [1.29, 1.82) is 0 Å². The molecule has 2 heterocycles. The Kier molecular flexibility index (Phi) is 4.98. The largest absolute Gasteiger partial charge is 0.374 e. The highest BCUT2D eigenvalue weighted by atomic mass is 32.1. The van der Waals surface area contributed by atoms with E-state index >= 15 is 0 Å². The summed E-state index contributed by atoms with van der Waals surface area (Å²) >= 11 is 1.83. The van der Waals surface area contributed by atoms with Crippen molar-refractivity contribution in [3.8, 4) is 0 Å². The molecule has 1 fully saturated rings. The van der Waals surface area contributed by atoms with Crippen LogP contribution >= 0.6 is 11.3 Å². The summed E-state index contributed by atoms with van der Waals surface area (Å²) in [5.74, 6) is 0. The average molecular weight is 254 g/mol. The van der Waals surface area contributed by atoms with Gasteiger partial charge in [0.15, 0.2) is 0 Å². The zero-order valence-corrected chi connectivity index (χ0v) is 11.5. The van der Waals surface area contributed by atoms with Crippen LogP contribution in [0.2, 0.25) is 0 Å². The van der Waals surface area contributed by atoms with E-state index in [9.17, 15) is 0 Å². The van der Waals surface area contributed by atoms with Gasteiger partial charge in [0, 0.05) is 24.0 Å². The number of nitrogens with one attached hydrogen (secondary N) is 1. The molecule has 3 nitrogen and oxygen atoms in total. The van der Waals surface area contributed by atoms with E-state index < -0.39 is 0 Å². The second-order valence-electron chi connectivity index (χ2n) is 4.62. The molecule has 1 aliphatic heterocycles. The molecule has 0 radical (unpaired) electrons. The van der Waals surface area contributed by atoms with Crippen LogP contribution in [0.15, 0.2) is 17.5 Å². The van der Waals surface area contributed by atoms with Crippen LogP contribution in [0.5, 0.6) is 0 Å². The molecule has 1 N–H and O–H groups in total. The third-order valence-corrected chi connectivity index (χ3v) is 4.11. The number of hydrogen-bond acceptors (Lipinski definition) is 4. The molecular formula is C13H22N2OS. The zero-order valence-electron chi connectivity index (χ0n) is 10.7. The van der Waals surface area contributed by atoms with Crippen LogP contribution in [0.4, 0.5) is 0 Å². The minimum absolute atomic E-state index is 0.316. The van der Waals surface area contributed by atoms with Crippen molar-refractivity contribution in [1.82, 2.24) is 10.2 Å². The maximum Gasteiger partial charge on any atom is 0.0858 e. The van der Waals surface area contributed by atoms with Crippen molar-refractivity contribution < 1.29 is 4.74 Å². The van der Waals surface area contributed by atoms with Crippen LogP contribution in [0, 0.1) is 0 Å². The summed E-state index contributed by atoms with van der Waals surface area (Å²) in [6.45, 7) is 6.10. The number of nitrogens with zero attached hydrogens (tertiary/aromatic N) is 1. The summed E-state index contributed by atoms with van der Waals surface area (Å²) in [5.41, 5.74) is 0.